The van der Waals surface area contributed by atoms with Crippen molar-refractivity contribution in [3.05, 3.63) is 35.9 Å². The third-order valence-electron chi connectivity index (χ3n) is 7.97. The summed E-state index contributed by atoms with van der Waals surface area (Å²) in [4.78, 5) is 41.2. The number of ether oxygens (including phenoxy) is 2. The maximum atomic E-state index is 13.2. The lowest BCUT2D eigenvalue weighted by Gasteiger charge is -2.31. The standard InChI is InChI=1S/C26H30F3N3O5/c27-26(28,29)37-20-5-1-16(2-6-20)3-8-23(33)31-11-9-18-14-32(15-19(18)10-12-31)24(34)17-4-7-21-22(13-17)36-25(35)30-21/h1-3,5-6,8,17-19,21-22H,4,7,9-15H2,(H,30,35)/b8-3+/t17-,18-,19+,21-,22?/m0/s1. The molecule has 37 heavy (non-hydrogen) atoms. The largest absolute Gasteiger partial charge is 0.573 e. The second kappa shape index (κ2) is 10.3. The van der Waals surface area contributed by atoms with Crippen molar-refractivity contribution < 1.29 is 37.0 Å². The zero-order valence-electron chi connectivity index (χ0n) is 20.3. The van der Waals surface area contributed by atoms with Crippen molar-refractivity contribution in [1.82, 2.24) is 15.1 Å². The Bertz CT molecular complexity index is 1040. The van der Waals surface area contributed by atoms with E-state index in [0.29, 0.717) is 50.0 Å². The average Bonchev–Trinajstić information content (AvgIpc) is 3.37. The fourth-order valence-electron chi connectivity index (χ4n) is 6.03. The van der Waals surface area contributed by atoms with E-state index in [1.165, 1.54) is 30.3 Å². The summed E-state index contributed by atoms with van der Waals surface area (Å²) < 4.78 is 46.1. The Morgan fingerprint density at radius 2 is 1.68 bits per heavy atom. The van der Waals surface area contributed by atoms with Crippen LogP contribution in [-0.2, 0) is 14.3 Å². The summed E-state index contributed by atoms with van der Waals surface area (Å²) in [5.74, 6) is 0.267. The molecule has 0 bridgehead atoms. The van der Waals surface area contributed by atoms with Crippen LogP contribution < -0.4 is 10.1 Å². The molecule has 1 aliphatic carbocycles. The molecule has 5 rings (SSSR count). The van der Waals surface area contributed by atoms with Gasteiger partial charge in [-0.1, -0.05) is 12.1 Å². The first-order valence-corrected chi connectivity index (χ1v) is 12.7. The van der Waals surface area contributed by atoms with Crippen LogP contribution in [0.3, 0.4) is 0 Å². The zero-order valence-corrected chi connectivity index (χ0v) is 20.3. The van der Waals surface area contributed by atoms with E-state index in [1.54, 1.807) is 11.0 Å². The Kier molecular flexibility index (Phi) is 7.04. The maximum Gasteiger partial charge on any atom is 0.573 e. The van der Waals surface area contributed by atoms with Crippen LogP contribution in [0, 0.1) is 17.8 Å². The third-order valence-corrected chi connectivity index (χ3v) is 7.97. The number of amides is 3. The van der Waals surface area contributed by atoms with Crippen molar-refractivity contribution in [2.75, 3.05) is 26.2 Å². The second-order valence-electron chi connectivity index (χ2n) is 10.3. The van der Waals surface area contributed by atoms with Crippen molar-refractivity contribution in [2.24, 2.45) is 17.8 Å². The van der Waals surface area contributed by atoms with Gasteiger partial charge >= 0.3 is 12.5 Å². The van der Waals surface area contributed by atoms with Gasteiger partial charge in [0, 0.05) is 38.2 Å². The predicted molar refractivity (Wildman–Crippen MR) is 126 cm³/mol. The number of nitrogens with one attached hydrogen (secondary N) is 1. The number of likely N-dealkylation sites (tertiary alicyclic amines) is 2. The van der Waals surface area contributed by atoms with Gasteiger partial charge in [0.05, 0.1) is 6.04 Å². The van der Waals surface area contributed by atoms with Crippen LogP contribution in [-0.4, -0.2) is 72.4 Å². The average molecular weight is 522 g/mol. The molecule has 11 heteroatoms. The van der Waals surface area contributed by atoms with Crippen molar-refractivity contribution in [3.8, 4) is 5.75 Å². The van der Waals surface area contributed by atoms with Gasteiger partial charge in [-0.3, -0.25) is 9.59 Å². The summed E-state index contributed by atoms with van der Waals surface area (Å²) in [7, 11) is 0. The molecule has 3 heterocycles. The molecule has 1 N–H and O–H groups in total. The Morgan fingerprint density at radius 1 is 1.00 bits per heavy atom. The first kappa shape index (κ1) is 25.4. The monoisotopic (exact) mass is 521 g/mol. The van der Waals surface area contributed by atoms with Crippen LogP contribution >= 0.6 is 0 Å². The van der Waals surface area contributed by atoms with E-state index in [0.717, 1.165) is 25.7 Å². The number of carbonyl (C=O) groups excluding carboxylic acids is 3. The molecule has 3 aliphatic heterocycles. The van der Waals surface area contributed by atoms with E-state index >= 15 is 0 Å². The van der Waals surface area contributed by atoms with Gasteiger partial charge < -0.3 is 24.6 Å². The summed E-state index contributed by atoms with van der Waals surface area (Å²) in [5.41, 5.74) is 0.598. The number of fused-ring (bicyclic) bond motifs is 2. The van der Waals surface area contributed by atoms with E-state index in [9.17, 15) is 27.6 Å². The summed E-state index contributed by atoms with van der Waals surface area (Å²) >= 11 is 0. The molecular formula is C26H30F3N3O5. The molecule has 1 unspecified atom stereocenters. The van der Waals surface area contributed by atoms with Crippen LogP contribution in [0.4, 0.5) is 18.0 Å². The number of carbonyl (C=O) groups is 3. The van der Waals surface area contributed by atoms with Gasteiger partial charge in [-0.15, -0.1) is 13.2 Å². The lowest BCUT2D eigenvalue weighted by molar-refractivity contribution is -0.274. The highest BCUT2D eigenvalue weighted by molar-refractivity contribution is 5.91. The minimum absolute atomic E-state index is 0.0153. The second-order valence-corrected chi connectivity index (χ2v) is 10.3. The van der Waals surface area contributed by atoms with E-state index in [1.807, 2.05) is 4.90 Å². The highest BCUT2D eigenvalue weighted by atomic mass is 19.4. The lowest BCUT2D eigenvalue weighted by atomic mass is 9.83. The number of benzene rings is 1. The number of nitrogens with zero attached hydrogens (tertiary/aromatic N) is 2. The number of hydrogen-bond donors (Lipinski definition) is 1. The molecule has 1 aromatic rings. The Hall–Kier alpha value is -3.24. The normalized spacial score (nSPS) is 29.8. The van der Waals surface area contributed by atoms with Gasteiger partial charge in [0.25, 0.3) is 0 Å². The summed E-state index contributed by atoms with van der Waals surface area (Å²) in [6.45, 7) is 2.58. The molecule has 1 aromatic carbocycles. The quantitative estimate of drug-likeness (QED) is 0.613. The molecule has 1 saturated carbocycles. The van der Waals surface area contributed by atoms with Gasteiger partial charge in [-0.2, -0.15) is 0 Å². The Labute approximate surface area is 212 Å². The molecule has 0 aromatic heterocycles. The third kappa shape index (κ3) is 6.02. The molecular weight excluding hydrogens is 491 g/mol. The minimum atomic E-state index is -4.74. The lowest BCUT2D eigenvalue weighted by Crippen LogP contribution is -2.43. The van der Waals surface area contributed by atoms with Crippen LogP contribution in [0.1, 0.15) is 37.7 Å². The molecule has 3 amide bonds. The van der Waals surface area contributed by atoms with E-state index in [-0.39, 0.29) is 35.6 Å². The van der Waals surface area contributed by atoms with Crippen molar-refractivity contribution in [1.29, 1.82) is 0 Å². The van der Waals surface area contributed by atoms with Crippen molar-refractivity contribution in [3.63, 3.8) is 0 Å². The van der Waals surface area contributed by atoms with Gasteiger partial charge in [-0.05, 0) is 67.7 Å². The topological polar surface area (TPSA) is 88.2 Å². The minimum Gasteiger partial charge on any atom is -0.444 e. The zero-order chi connectivity index (χ0) is 26.2. The summed E-state index contributed by atoms with van der Waals surface area (Å²) in [5, 5.41) is 2.81. The number of hydrogen-bond acceptors (Lipinski definition) is 5. The molecule has 0 spiro atoms. The fraction of sp³-hybridized carbons (Fsp3) is 0.577. The van der Waals surface area contributed by atoms with E-state index in [2.05, 4.69) is 10.1 Å². The van der Waals surface area contributed by atoms with Crippen LogP contribution in [0.5, 0.6) is 5.75 Å². The van der Waals surface area contributed by atoms with Crippen LogP contribution in [0.25, 0.3) is 6.08 Å². The highest BCUT2D eigenvalue weighted by Gasteiger charge is 2.44. The van der Waals surface area contributed by atoms with Crippen LogP contribution in [0.15, 0.2) is 30.3 Å². The predicted octanol–water partition coefficient (Wildman–Crippen LogP) is 3.57. The van der Waals surface area contributed by atoms with Crippen molar-refractivity contribution in [2.45, 2.75) is 50.6 Å². The highest BCUT2D eigenvalue weighted by Crippen LogP contribution is 2.36. The van der Waals surface area contributed by atoms with Gasteiger partial charge in [0.15, 0.2) is 0 Å². The molecule has 4 fully saturated rings. The smallest absolute Gasteiger partial charge is 0.444 e. The SMILES string of the molecule is O=C1N[C@H]2CC[C@H](C(=O)N3C[C@H]4CCN(C(=O)/C=C/c5ccc(OC(F)(F)F)cc5)CC[C@H]4C3)CC2O1. The molecule has 3 saturated heterocycles. The number of alkyl carbamates (subject to hydrolysis) is 1. The van der Waals surface area contributed by atoms with Crippen LogP contribution in [0.2, 0.25) is 0 Å². The van der Waals surface area contributed by atoms with Gasteiger partial charge in [0.2, 0.25) is 11.8 Å². The molecule has 5 atom stereocenters. The van der Waals surface area contributed by atoms with E-state index < -0.39 is 12.5 Å². The summed E-state index contributed by atoms with van der Waals surface area (Å²) in [6.07, 6.45) is 1.37. The first-order chi connectivity index (χ1) is 17.6. The van der Waals surface area contributed by atoms with E-state index in [4.69, 9.17) is 4.74 Å². The molecule has 8 nitrogen and oxygen atoms in total. The number of alkyl halides is 3. The van der Waals surface area contributed by atoms with Gasteiger partial charge in [0.1, 0.15) is 11.9 Å². The van der Waals surface area contributed by atoms with Gasteiger partial charge in [-0.25, -0.2) is 4.79 Å². The fourth-order valence-corrected chi connectivity index (χ4v) is 6.03. The molecule has 0 radical (unpaired) electrons. The first-order valence-electron chi connectivity index (χ1n) is 12.7. The summed E-state index contributed by atoms with van der Waals surface area (Å²) in [6, 6.07) is 5.36. The number of rotatable bonds is 4. The maximum absolute atomic E-state index is 13.2. The molecule has 4 aliphatic rings. The number of halogens is 3. The Morgan fingerprint density at radius 3 is 2.32 bits per heavy atom. The Balaban J connectivity index is 1.10. The molecule has 200 valence electrons. The van der Waals surface area contributed by atoms with Crippen molar-refractivity contribution >= 4 is 24.0 Å².